The Hall–Kier alpha value is -1.54. The standard InChI is InChI=1S/C28H38O7/c1-13-9-20(34-25(33)16(13)12-29)14(2)18-11-19(30)24-15-10-23-28(35-23)22(32)6-5-21(31)27(28,4)17(15)7-8-26(18,24)3/h5-6,14-15,17-20,22-24,29-30,32H,7-12H2,1-4H3/t14?,15-,17+,18-,19+,20?,22+,23-,24-,26-,27+,28-/m1/s1. The van der Waals surface area contributed by atoms with Gasteiger partial charge in [-0.05, 0) is 86.7 Å². The number of carbonyl (C=O) groups excluding carboxylic acids is 2. The van der Waals surface area contributed by atoms with Crippen LogP contribution in [0.4, 0.5) is 0 Å². The van der Waals surface area contributed by atoms with Gasteiger partial charge in [0.15, 0.2) is 5.78 Å². The summed E-state index contributed by atoms with van der Waals surface area (Å²) in [4.78, 5) is 25.8. The number of aliphatic hydroxyl groups is 3. The van der Waals surface area contributed by atoms with Crippen molar-refractivity contribution in [3.05, 3.63) is 23.3 Å². The topological polar surface area (TPSA) is 117 Å². The molecule has 1 saturated heterocycles. The van der Waals surface area contributed by atoms with Crippen LogP contribution in [-0.2, 0) is 19.1 Å². The monoisotopic (exact) mass is 486 g/mol. The number of carbonyl (C=O) groups is 2. The number of fused-ring (bicyclic) bond motifs is 4. The Labute approximate surface area is 206 Å². The zero-order valence-corrected chi connectivity index (χ0v) is 21.1. The third-order valence-electron chi connectivity index (χ3n) is 11.6. The molecule has 0 bridgehead atoms. The van der Waals surface area contributed by atoms with Gasteiger partial charge in [0.25, 0.3) is 0 Å². The maximum atomic E-state index is 13.3. The van der Waals surface area contributed by atoms with E-state index in [0.717, 1.165) is 24.8 Å². The highest BCUT2D eigenvalue weighted by Crippen LogP contribution is 2.73. The van der Waals surface area contributed by atoms with Gasteiger partial charge in [-0.15, -0.1) is 0 Å². The summed E-state index contributed by atoms with van der Waals surface area (Å²) < 4.78 is 12.0. The maximum Gasteiger partial charge on any atom is 0.336 e. The molecule has 0 aromatic heterocycles. The highest BCUT2D eigenvalue weighted by atomic mass is 16.6. The maximum absolute atomic E-state index is 13.3. The fourth-order valence-corrected chi connectivity index (χ4v) is 9.72. The molecule has 0 radical (unpaired) electrons. The molecule has 1 spiro atoms. The first-order chi connectivity index (χ1) is 16.5. The Morgan fingerprint density at radius 2 is 1.94 bits per heavy atom. The molecule has 3 N–H and O–H groups in total. The minimum absolute atomic E-state index is 0.0347. The Morgan fingerprint density at radius 1 is 1.20 bits per heavy atom. The second kappa shape index (κ2) is 7.50. The van der Waals surface area contributed by atoms with Crippen LogP contribution in [0.25, 0.3) is 0 Å². The molecule has 2 aliphatic heterocycles. The van der Waals surface area contributed by atoms with E-state index in [4.69, 9.17) is 9.47 Å². The lowest BCUT2D eigenvalue weighted by atomic mass is 9.44. The van der Waals surface area contributed by atoms with E-state index in [-0.39, 0.29) is 59.6 Å². The number of ether oxygens (including phenoxy) is 2. The Balaban J connectivity index is 1.30. The van der Waals surface area contributed by atoms with Gasteiger partial charge in [0.05, 0.1) is 29.8 Å². The number of allylic oxidation sites excluding steroid dienone is 1. The summed E-state index contributed by atoms with van der Waals surface area (Å²) in [6.07, 6.45) is 5.19. The van der Waals surface area contributed by atoms with E-state index in [1.165, 1.54) is 6.08 Å². The van der Waals surface area contributed by atoms with Gasteiger partial charge in [-0.2, -0.15) is 0 Å². The van der Waals surface area contributed by atoms with Gasteiger partial charge in [0.2, 0.25) is 0 Å². The fourth-order valence-electron chi connectivity index (χ4n) is 9.72. The lowest BCUT2D eigenvalue weighted by Gasteiger charge is -2.58. The molecule has 3 saturated carbocycles. The molecule has 192 valence electrons. The van der Waals surface area contributed by atoms with Crippen molar-refractivity contribution in [2.45, 2.75) is 89.8 Å². The lowest BCUT2D eigenvalue weighted by Crippen LogP contribution is -2.64. The van der Waals surface area contributed by atoms with Crippen LogP contribution in [0, 0.1) is 40.4 Å². The number of esters is 1. The number of cyclic esters (lactones) is 1. The first-order valence-corrected chi connectivity index (χ1v) is 13.3. The van der Waals surface area contributed by atoms with Crippen molar-refractivity contribution in [3.8, 4) is 0 Å². The molecule has 0 aromatic carbocycles. The van der Waals surface area contributed by atoms with E-state index < -0.39 is 29.2 Å². The fraction of sp³-hybridized carbons (Fsp3) is 0.786. The minimum atomic E-state index is -0.811. The van der Waals surface area contributed by atoms with Crippen molar-refractivity contribution in [1.82, 2.24) is 0 Å². The summed E-state index contributed by atoms with van der Waals surface area (Å²) in [7, 11) is 0. The molecule has 4 aliphatic carbocycles. The van der Waals surface area contributed by atoms with Crippen LogP contribution in [0.15, 0.2) is 23.3 Å². The van der Waals surface area contributed by atoms with Gasteiger partial charge in [-0.1, -0.05) is 19.4 Å². The van der Waals surface area contributed by atoms with Crippen molar-refractivity contribution >= 4 is 11.8 Å². The predicted molar refractivity (Wildman–Crippen MR) is 126 cm³/mol. The molecule has 12 atom stereocenters. The number of hydrogen-bond donors (Lipinski definition) is 3. The largest absolute Gasteiger partial charge is 0.458 e. The van der Waals surface area contributed by atoms with Crippen LogP contribution in [0.1, 0.15) is 59.8 Å². The SMILES string of the molecule is CC1=C(CO)C(=O)OC(C(C)[C@H]2C[C@H](O)[C@H]3[C@@H]4C[C@H]5O[C@]56[C@@H](O)C=CC(=O)[C@]6(C)[C@H]4CC[C@@]32C)C1. The summed E-state index contributed by atoms with van der Waals surface area (Å²) in [6, 6.07) is 0. The van der Waals surface area contributed by atoms with E-state index in [1.54, 1.807) is 6.08 Å². The van der Waals surface area contributed by atoms with E-state index in [0.29, 0.717) is 18.4 Å². The summed E-state index contributed by atoms with van der Waals surface area (Å²) >= 11 is 0. The highest BCUT2D eigenvalue weighted by Gasteiger charge is 2.80. The summed E-state index contributed by atoms with van der Waals surface area (Å²) in [5.41, 5.74) is -0.482. The van der Waals surface area contributed by atoms with E-state index >= 15 is 0 Å². The van der Waals surface area contributed by atoms with Crippen molar-refractivity contribution < 1.29 is 34.4 Å². The normalized spacial score (nSPS) is 53.3. The van der Waals surface area contributed by atoms with Crippen LogP contribution >= 0.6 is 0 Å². The molecule has 7 heteroatoms. The van der Waals surface area contributed by atoms with Gasteiger partial charge in [0.1, 0.15) is 17.8 Å². The first-order valence-electron chi connectivity index (χ1n) is 13.3. The Bertz CT molecular complexity index is 1030. The second-order valence-corrected chi connectivity index (χ2v) is 12.7. The Morgan fingerprint density at radius 3 is 2.63 bits per heavy atom. The molecule has 0 aromatic rings. The van der Waals surface area contributed by atoms with Crippen molar-refractivity contribution in [2.24, 2.45) is 40.4 Å². The molecular formula is C28H38O7. The third kappa shape index (κ3) is 2.81. The average Bonchev–Trinajstić information content (AvgIpc) is 3.48. The van der Waals surface area contributed by atoms with Gasteiger partial charge in [0, 0.05) is 6.42 Å². The molecule has 7 nitrogen and oxygen atoms in total. The lowest BCUT2D eigenvalue weighted by molar-refractivity contribution is -0.158. The van der Waals surface area contributed by atoms with Crippen molar-refractivity contribution in [3.63, 3.8) is 0 Å². The molecule has 6 rings (SSSR count). The van der Waals surface area contributed by atoms with Crippen LogP contribution in [0.2, 0.25) is 0 Å². The number of aliphatic hydroxyl groups excluding tert-OH is 3. The van der Waals surface area contributed by atoms with Crippen molar-refractivity contribution in [1.29, 1.82) is 0 Å². The average molecular weight is 487 g/mol. The molecule has 0 amide bonds. The van der Waals surface area contributed by atoms with Crippen LogP contribution in [-0.4, -0.2) is 63.7 Å². The zero-order chi connectivity index (χ0) is 25.1. The third-order valence-corrected chi connectivity index (χ3v) is 11.6. The van der Waals surface area contributed by atoms with Crippen LogP contribution < -0.4 is 0 Å². The molecule has 2 heterocycles. The number of rotatable bonds is 3. The summed E-state index contributed by atoms with van der Waals surface area (Å²) in [6.45, 7) is 7.99. The van der Waals surface area contributed by atoms with Gasteiger partial charge in [-0.25, -0.2) is 4.79 Å². The highest BCUT2D eigenvalue weighted by molar-refractivity contribution is 5.98. The smallest absolute Gasteiger partial charge is 0.336 e. The van der Waals surface area contributed by atoms with Gasteiger partial charge in [-0.3, -0.25) is 4.79 Å². The van der Waals surface area contributed by atoms with Crippen LogP contribution in [0.3, 0.4) is 0 Å². The number of epoxide rings is 1. The number of hydrogen-bond acceptors (Lipinski definition) is 7. The molecule has 35 heavy (non-hydrogen) atoms. The van der Waals surface area contributed by atoms with Gasteiger partial charge < -0.3 is 24.8 Å². The van der Waals surface area contributed by atoms with Crippen molar-refractivity contribution in [2.75, 3.05) is 6.61 Å². The summed E-state index contributed by atoms with van der Waals surface area (Å²) in [5, 5.41) is 31.8. The molecule has 6 aliphatic rings. The van der Waals surface area contributed by atoms with E-state index in [2.05, 4.69) is 13.8 Å². The number of ketones is 1. The molecular weight excluding hydrogens is 448 g/mol. The van der Waals surface area contributed by atoms with Crippen LogP contribution in [0.5, 0.6) is 0 Å². The molecule has 4 fully saturated rings. The Kier molecular flexibility index (Phi) is 5.11. The summed E-state index contributed by atoms with van der Waals surface area (Å²) in [5.74, 6) is 0.0842. The predicted octanol–water partition coefficient (Wildman–Crippen LogP) is 2.32. The van der Waals surface area contributed by atoms with E-state index in [1.807, 2.05) is 13.8 Å². The minimum Gasteiger partial charge on any atom is -0.458 e. The van der Waals surface area contributed by atoms with E-state index in [9.17, 15) is 24.9 Å². The zero-order valence-electron chi connectivity index (χ0n) is 21.1. The van der Waals surface area contributed by atoms with Gasteiger partial charge >= 0.3 is 5.97 Å². The quantitative estimate of drug-likeness (QED) is 0.414. The first kappa shape index (κ1) is 23.8. The molecule has 2 unspecified atom stereocenters. The second-order valence-electron chi connectivity index (χ2n) is 12.7.